The van der Waals surface area contributed by atoms with Crippen LogP contribution in [-0.4, -0.2) is 63.9 Å². The molecule has 0 radical (unpaired) electrons. The van der Waals surface area contributed by atoms with Crippen molar-refractivity contribution in [3.05, 3.63) is 62.7 Å². The van der Waals surface area contributed by atoms with Crippen molar-refractivity contribution in [1.82, 2.24) is 29.9 Å². The first-order chi connectivity index (χ1) is 16.7. The zero-order valence-electron chi connectivity index (χ0n) is 21.8. The van der Waals surface area contributed by atoms with Gasteiger partial charge < -0.3 is 19.9 Å². The van der Waals surface area contributed by atoms with Gasteiger partial charge in [-0.3, -0.25) is 14.8 Å². The van der Waals surface area contributed by atoms with E-state index in [2.05, 4.69) is 58.1 Å². The summed E-state index contributed by atoms with van der Waals surface area (Å²) in [5.41, 5.74) is 5.33. The summed E-state index contributed by atoms with van der Waals surface area (Å²) in [6.45, 7) is 6.82. The lowest BCUT2D eigenvalue weighted by Gasteiger charge is -2.21. The molecule has 1 unspecified atom stereocenters. The van der Waals surface area contributed by atoms with Crippen LogP contribution in [0.3, 0.4) is 0 Å². The first-order valence-corrected chi connectivity index (χ1v) is 12.7. The van der Waals surface area contributed by atoms with Crippen molar-refractivity contribution in [1.29, 1.82) is 0 Å². The monoisotopic (exact) mass is 480 g/mol. The van der Waals surface area contributed by atoms with Crippen LogP contribution < -0.4 is 10.9 Å². The minimum Gasteiger partial charge on any atom is -0.374 e. The molecule has 0 saturated heterocycles. The minimum absolute atomic E-state index is 0.113. The molecule has 1 aliphatic rings. The Morgan fingerprint density at radius 3 is 2.60 bits per heavy atom. The van der Waals surface area contributed by atoms with E-state index in [4.69, 9.17) is 5.10 Å². The SMILES string of the molecule is Cc1cc(C)c(CNC(O)c2cc(CN(C)CCN(C)C)cc3c2cnn3C2CCCC2)c(=O)[nH]1. The van der Waals surface area contributed by atoms with Crippen molar-refractivity contribution in [2.75, 3.05) is 34.2 Å². The van der Waals surface area contributed by atoms with E-state index in [1.54, 1.807) is 0 Å². The Morgan fingerprint density at radius 2 is 1.91 bits per heavy atom. The number of nitrogens with zero attached hydrogens (tertiary/aromatic N) is 4. The number of hydrogen-bond acceptors (Lipinski definition) is 6. The summed E-state index contributed by atoms with van der Waals surface area (Å²) < 4.78 is 2.16. The smallest absolute Gasteiger partial charge is 0.252 e. The molecular weight excluding hydrogens is 440 g/mol. The fraction of sp³-hybridized carbons (Fsp3) is 0.556. The Labute approximate surface area is 207 Å². The second kappa shape index (κ2) is 11.0. The van der Waals surface area contributed by atoms with Gasteiger partial charge in [0, 0.05) is 48.4 Å². The molecule has 1 saturated carbocycles. The van der Waals surface area contributed by atoms with Crippen molar-refractivity contribution < 1.29 is 5.11 Å². The van der Waals surface area contributed by atoms with Crippen LogP contribution in [0.15, 0.2) is 29.2 Å². The van der Waals surface area contributed by atoms with Crippen molar-refractivity contribution in [2.24, 2.45) is 0 Å². The van der Waals surface area contributed by atoms with Crippen LogP contribution in [0.1, 0.15) is 65.9 Å². The zero-order valence-corrected chi connectivity index (χ0v) is 21.8. The molecule has 1 aliphatic carbocycles. The number of aryl methyl sites for hydroxylation is 2. The molecule has 0 amide bonds. The maximum absolute atomic E-state index is 12.5. The molecule has 190 valence electrons. The number of hydrogen-bond donors (Lipinski definition) is 3. The lowest BCUT2D eigenvalue weighted by atomic mass is 10.0. The van der Waals surface area contributed by atoms with E-state index in [-0.39, 0.29) is 12.1 Å². The van der Waals surface area contributed by atoms with Gasteiger partial charge in [0.05, 0.1) is 17.8 Å². The number of likely N-dealkylation sites (N-methyl/N-ethyl adjacent to an activating group) is 2. The van der Waals surface area contributed by atoms with Gasteiger partial charge in [-0.25, -0.2) is 0 Å². The Bertz CT molecular complexity index is 1210. The van der Waals surface area contributed by atoms with Crippen LogP contribution >= 0.6 is 0 Å². The average Bonchev–Trinajstić information content (AvgIpc) is 3.46. The van der Waals surface area contributed by atoms with Crippen molar-refractivity contribution in [2.45, 2.75) is 64.9 Å². The van der Waals surface area contributed by atoms with E-state index in [1.165, 1.54) is 12.8 Å². The Kier molecular flexibility index (Phi) is 8.06. The normalized spacial score (nSPS) is 15.7. The van der Waals surface area contributed by atoms with E-state index >= 15 is 0 Å². The number of fused-ring (bicyclic) bond motifs is 1. The second-order valence-corrected chi connectivity index (χ2v) is 10.4. The maximum Gasteiger partial charge on any atom is 0.252 e. The van der Waals surface area contributed by atoms with Crippen LogP contribution in [-0.2, 0) is 13.1 Å². The molecular formula is C27H40N6O2. The first kappa shape index (κ1) is 25.6. The van der Waals surface area contributed by atoms with E-state index in [9.17, 15) is 9.90 Å². The van der Waals surface area contributed by atoms with Crippen LogP contribution in [0.25, 0.3) is 10.9 Å². The van der Waals surface area contributed by atoms with Gasteiger partial charge in [-0.2, -0.15) is 5.10 Å². The van der Waals surface area contributed by atoms with Crippen LogP contribution in [0, 0.1) is 13.8 Å². The molecule has 1 atom stereocenters. The molecule has 2 aromatic heterocycles. The quantitative estimate of drug-likeness (QED) is 0.386. The minimum atomic E-state index is -0.911. The average molecular weight is 481 g/mol. The number of aliphatic hydroxyl groups is 1. The summed E-state index contributed by atoms with van der Waals surface area (Å²) in [5.74, 6) is 0. The Balaban J connectivity index is 1.63. The van der Waals surface area contributed by atoms with Crippen LogP contribution in [0.4, 0.5) is 0 Å². The molecule has 3 N–H and O–H groups in total. The van der Waals surface area contributed by atoms with Crippen LogP contribution in [0.2, 0.25) is 0 Å². The molecule has 35 heavy (non-hydrogen) atoms. The third kappa shape index (κ3) is 6.01. The number of nitrogens with one attached hydrogen (secondary N) is 2. The van der Waals surface area contributed by atoms with Crippen molar-refractivity contribution in [3.63, 3.8) is 0 Å². The highest BCUT2D eigenvalue weighted by Gasteiger charge is 2.23. The van der Waals surface area contributed by atoms with Gasteiger partial charge in [-0.1, -0.05) is 12.8 Å². The van der Waals surface area contributed by atoms with Crippen LogP contribution in [0.5, 0.6) is 0 Å². The topological polar surface area (TPSA) is 89.4 Å². The summed E-state index contributed by atoms with van der Waals surface area (Å²) in [7, 11) is 6.30. The van der Waals surface area contributed by atoms with Gasteiger partial charge in [-0.05, 0) is 77.2 Å². The summed E-state index contributed by atoms with van der Waals surface area (Å²) in [6, 6.07) is 6.69. The molecule has 0 spiro atoms. The highest BCUT2D eigenvalue weighted by atomic mass is 16.3. The third-order valence-electron chi connectivity index (χ3n) is 7.12. The molecule has 4 rings (SSSR count). The standard InChI is InChI=1S/C27H40N6O2/c1-18-12-19(2)30-27(35)23(18)15-28-26(34)22-13-20(17-32(5)11-10-31(3)4)14-25-24(22)16-29-33(25)21-8-6-7-9-21/h12-14,16,21,26,28,34H,6-11,15,17H2,1-5H3,(H,30,35). The summed E-state index contributed by atoms with van der Waals surface area (Å²) in [4.78, 5) is 19.8. The lowest BCUT2D eigenvalue weighted by Crippen LogP contribution is -2.28. The Morgan fingerprint density at radius 1 is 1.17 bits per heavy atom. The second-order valence-electron chi connectivity index (χ2n) is 10.4. The molecule has 1 fully saturated rings. The molecule has 1 aromatic carbocycles. The van der Waals surface area contributed by atoms with Gasteiger partial charge in [-0.15, -0.1) is 0 Å². The molecule has 3 aromatic rings. The van der Waals surface area contributed by atoms with Gasteiger partial charge >= 0.3 is 0 Å². The number of aliphatic hydroxyl groups excluding tert-OH is 1. The maximum atomic E-state index is 12.5. The predicted molar refractivity (Wildman–Crippen MR) is 140 cm³/mol. The number of pyridine rings is 1. The zero-order chi connectivity index (χ0) is 25.1. The molecule has 8 nitrogen and oxygen atoms in total. The molecule has 0 bridgehead atoms. The molecule has 8 heteroatoms. The fourth-order valence-electron chi connectivity index (χ4n) is 5.16. The third-order valence-corrected chi connectivity index (χ3v) is 7.12. The van der Waals surface area contributed by atoms with E-state index in [1.807, 2.05) is 26.1 Å². The number of benzene rings is 1. The highest BCUT2D eigenvalue weighted by molar-refractivity contribution is 5.83. The summed E-state index contributed by atoms with van der Waals surface area (Å²) >= 11 is 0. The largest absolute Gasteiger partial charge is 0.374 e. The number of aromatic amines is 1. The molecule has 2 heterocycles. The number of rotatable bonds is 10. The van der Waals surface area contributed by atoms with E-state index in [0.29, 0.717) is 11.6 Å². The predicted octanol–water partition coefficient (Wildman–Crippen LogP) is 3.23. The van der Waals surface area contributed by atoms with E-state index < -0.39 is 6.23 Å². The van der Waals surface area contributed by atoms with Gasteiger partial charge in [0.25, 0.3) is 5.56 Å². The van der Waals surface area contributed by atoms with Crippen molar-refractivity contribution in [3.8, 4) is 0 Å². The molecule has 0 aliphatic heterocycles. The first-order valence-electron chi connectivity index (χ1n) is 12.7. The number of aromatic nitrogens is 3. The van der Waals surface area contributed by atoms with Gasteiger partial charge in [0.2, 0.25) is 0 Å². The summed E-state index contributed by atoms with van der Waals surface area (Å²) in [6.07, 6.45) is 5.74. The number of H-pyrrole nitrogens is 1. The van der Waals surface area contributed by atoms with Gasteiger partial charge in [0.15, 0.2) is 0 Å². The lowest BCUT2D eigenvalue weighted by molar-refractivity contribution is 0.138. The fourth-order valence-corrected chi connectivity index (χ4v) is 5.16. The van der Waals surface area contributed by atoms with Crippen molar-refractivity contribution >= 4 is 10.9 Å². The highest BCUT2D eigenvalue weighted by Crippen LogP contribution is 2.34. The Hall–Kier alpha value is -2.52. The summed E-state index contributed by atoms with van der Waals surface area (Å²) in [5, 5.41) is 20.2. The van der Waals surface area contributed by atoms with E-state index in [0.717, 1.165) is 65.8 Å². The van der Waals surface area contributed by atoms with Gasteiger partial charge in [0.1, 0.15) is 6.23 Å².